The van der Waals surface area contributed by atoms with Crippen LogP contribution in [0.3, 0.4) is 0 Å². The van der Waals surface area contributed by atoms with E-state index in [1.807, 2.05) is 0 Å². The number of ether oxygens (including phenoxy) is 1. The summed E-state index contributed by atoms with van der Waals surface area (Å²) in [5, 5.41) is 8.14. The highest BCUT2D eigenvalue weighted by atomic mass is 16.5. The van der Waals surface area contributed by atoms with E-state index >= 15 is 0 Å². The van der Waals surface area contributed by atoms with E-state index in [9.17, 15) is 0 Å². The van der Waals surface area contributed by atoms with Crippen molar-refractivity contribution in [2.75, 3.05) is 6.61 Å². The Kier molecular flexibility index (Phi) is 1.32. The first-order valence-electron chi connectivity index (χ1n) is 2.36. The van der Waals surface area contributed by atoms with Crippen molar-refractivity contribution < 1.29 is 9.84 Å². The molecule has 1 fully saturated rings. The molecule has 7 heavy (non-hydrogen) atoms. The molecule has 2 nitrogen and oxygen atoms in total. The van der Waals surface area contributed by atoms with Gasteiger partial charge in [0.15, 0.2) is 0 Å². The molecule has 1 atom stereocenters. The van der Waals surface area contributed by atoms with E-state index in [-0.39, 0.29) is 6.10 Å². The molecular formula is C5H8O2. The van der Waals surface area contributed by atoms with Crippen LogP contribution in [0.15, 0.2) is 12.3 Å². The van der Waals surface area contributed by atoms with Gasteiger partial charge in [-0.25, -0.2) is 0 Å². The van der Waals surface area contributed by atoms with Gasteiger partial charge in [-0.1, -0.05) is 0 Å². The lowest BCUT2D eigenvalue weighted by Crippen LogP contribution is -2.23. The Morgan fingerprint density at radius 1 is 1.71 bits per heavy atom. The van der Waals surface area contributed by atoms with Crippen LogP contribution in [0.5, 0.6) is 0 Å². The number of aliphatic hydroxyl groups is 1. The van der Waals surface area contributed by atoms with Crippen molar-refractivity contribution in [1.82, 2.24) is 0 Å². The average molecular weight is 100 g/mol. The summed E-state index contributed by atoms with van der Waals surface area (Å²) < 4.78 is 4.92. The van der Waals surface area contributed by atoms with Gasteiger partial charge in [0.1, 0.15) is 0 Å². The fourth-order valence-electron chi connectivity index (χ4n) is 0.502. The van der Waals surface area contributed by atoms with Gasteiger partial charge in [0, 0.05) is 6.42 Å². The van der Waals surface area contributed by atoms with E-state index < -0.39 is 0 Å². The van der Waals surface area contributed by atoms with Crippen LogP contribution in [0.25, 0.3) is 0 Å². The maximum Gasteiger partial charge on any atom is 0.0809 e. The molecule has 0 saturated carbocycles. The molecule has 1 N–H and O–H groups in total. The van der Waals surface area contributed by atoms with Gasteiger partial charge in [-0.05, 0) is 6.08 Å². The fraction of sp³-hybridized carbons (Fsp3) is 0.600. The first-order valence-corrected chi connectivity index (χ1v) is 2.36. The van der Waals surface area contributed by atoms with Crippen LogP contribution < -0.4 is 0 Å². The van der Waals surface area contributed by atoms with Crippen molar-refractivity contribution in [1.29, 1.82) is 0 Å². The van der Waals surface area contributed by atoms with Crippen LogP contribution in [0.4, 0.5) is 0 Å². The molecular weight excluding hydrogens is 92.1 g/mol. The van der Waals surface area contributed by atoms with E-state index in [1.54, 1.807) is 6.08 Å². The third kappa shape index (κ3) is 0.933. The molecule has 0 amide bonds. The molecule has 0 spiro atoms. The molecule has 1 aliphatic heterocycles. The van der Waals surface area contributed by atoms with Crippen LogP contribution in [-0.4, -0.2) is 17.8 Å². The Bertz CT molecular complexity index is 74.1. The van der Waals surface area contributed by atoms with E-state index in [4.69, 9.17) is 9.84 Å². The van der Waals surface area contributed by atoms with Crippen LogP contribution >= 0.6 is 0 Å². The second-order valence-electron chi connectivity index (χ2n) is 1.54. The van der Waals surface area contributed by atoms with Gasteiger partial charge in [0.25, 0.3) is 0 Å². The standard InChI is InChI=1S/C5H8O2/c6-3-1-5-2-4-7-5/h1,3,5-6H,2,4H2. The Labute approximate surface area is 42.4 Å². The lowest BCUT2D eigenvalue weighted by Gasteiger charge is -2.21. The van der Waals surface area contributed by atoms with E-state index in [1.165, 1.54) is 0 Å². The highest BCUT2D eigenvalue weighted by Crippen LogP contribution is 2.10. The summed E-state index contributed by atoms with van der Waals surface area (Å²) >= 11 is 0. The van der Waals surface area contributed by atoms with Crippen LogP contribution in [-0.2, 0) is 4.74 Å². The third-order valence-electron chi connectivity index (χ3n) is 1.04. The Morgan fingerprint density at radius 3 is 2.57 bits per heavy atom. The van der Waals surface area contributed by atoms with Gasteiger partial charge in [0.2, 0.25) is 0 Å². The maximum atomic E-state index is 8.14. The summed E-state index contributed by atoms with van der Waals surface area (Å²) in [6.07, 6.45) is 3.93. The van der Waals surface area contributed by atoms with Gasteiger partial charge >= 0.3 is 0 Å². The molecule has 0 aromatic rings. The maximum absolute atomic E-state index is 8.14. The average Bonchev–Trinajstić information content (AvgIpc) is 1.55. The molecule has 0 aromatic heterocycles. The zero-order valence-electron chi connectivity index (χ0n) is 4.00. The first-order chi connectivity index (χ1) is 3.43. The first kappa shape index (κ1) is 4.65. The van der Waals surface area contributed by atoms with Gasteiger partial charge in [0.05, 0.1) is 19.0 Å². The molecule has 1 saturated heterocycles. The number of aliphatic hydroxyl groups excluding tert-OH is 1. The van der Waals surface area contributed by atoms with Crippen LogP contribution in [0, 0.1) is 0 Å². The molecule has 0 aliphatic carbocycles. The highest BCUT2D eigenvalue weighted by Gasteiger charge is 2.13. The third-order valence-corrected chi connectivity index (χ3v) is 1.04. The number of hydrogen-bond acceptors (Lipinski definition) is 2. The van der Waals surface area contributed by atoms with Gasteiger partial charge in [-0.3, -0.25) is 0 Å². The lowest BCUT2D eigenvalue weighted by molar-refractivity contribution is -0.0194. The van der Waals surface area contributed by atoms with Crippen LogP contribution in [0.1, 0.15) is 6.42 Å². The predicted molar refractivity (Wildman–Crippen MR) is 26.1 cm³/mol. The number of rotatable bonds is 1. The monoisotopic (exact) mass is 100 g/mol. The second kappa shape index (κ2) is 1.98. The smallest absolute Gasteiger partial charge is 0.0809 e. The molecule has 2 heteroatoms. The van der Waals surface area contributed by atoms with Gasteiger partial charge < -0.3 is 9.84 Å². The van der Waals surface area contributed by atoms with Crippen molar-refractivity contribution in [3.8, 4) is 0 Å². The summed E-state index contributed by atoms with van der Waals surface area (Å²) in [5.41, 5.74) is 0. The fourth-order valence-corrected chi connectivity index (χ4v) is 0.502. The Morgan fingerprint density at radius 2 is 2.43 bits per heavy atom. The Balaban J connectivity index is 2.14. The van der Waals surface area contributed by atoms with Crippen molar-refractivity contribution in [2.45, 2.75) is 12.5 Å². The SMILES string of the molecule is OC=CC1CCO1. The summed E-state index contributed by atoms with van der Waals surface area (Å²) in [5.74, 6) is 0. The minimum atomic E-state index is 0.199. The van der Waals surface area contributed by atoms with Crippen molar-refractivity contribution >= 4 is 0 Å². The molecule has 1 aliphatic rings. The topological polar surface area (TPSA) is 29.5 Å². The molecule has 0 radical (unpaired) electrons. The molecule has 1 unspecified atom stereocenters. The van der Waals surface area contributed by atoms with Crippen LogP contribution in [0.2, 0.25) is 0 Å². The summed E-state index contributed by atoms with van der Waals surface area (Å²) in [6, 6.07) is 0. The molecule has 1 rings (SSSR count). The summed E-state index contributed by atoms with van der Waals surface area (Å²) in [4.78, 5) is 0. The zero-order chi connectivity index (χ0) is 5.11. The summed E-state index contributed by atoms with van der Waals surface area (Å²) in [7, 11) is 0. The second-order valence-corrected chi connectivity index (χ2v) is 1.54. The molecule has 0 aromatic carbocycles. The van der Waals surface area contributed by atoms with Crippen molar-refractivity contribution in [3.63, 3.8) is 0 Å². The normalized spacial score (nSPS) is 30.6. The van der Waals surface area contributed by atoms with Gasteiger partial charge in [-0.15, -0.1) is 0 Å². The van der Waals surface area contributed by atoms with Crippen molar-refractivity contribution in [3.05, 3.63) is 12.3 Å². The van der Waals surface area contributed by atoms with Crippen molar-refractivity contribution in [2.24, 2.45) is 0 Å². The van der Waals surface area contributed by atoms with E-state index in [0.29, 0.717) is 0 Å². The minimum Gasteiger partial charge on any atom is -0.516 e. The highest BCUT2D eigenvalue weighted by molar-refractivity contribution is 4.87. The number of hydrogen-bond donors (Lipinski definition) is 1. The Hall–Kier alpha value is -0.500. The van der Waals surface area contributed by atoms with Gasteiger partial charge in [-0.2, -0.15) is 0 Å². The summed E-state index contributed by atoms with van der Waals surface area (Å²) in [6.45, 7) is 0.842. The zero-order valence-corrected chi connectivity index (χ0v) is 4.00. The van der Waals surface area contributed by atoms with E-state index in [2.05, 4.69) is 0 Å². The molecule has 0 bridgehead atoms. The molecule has 1 heterocycles. The predicted octanol–water partition coefficient (Wildman–Crippen LogP) is 0.847. The minimum absolute atomic E-state index is 0.199. The van der Waals surface area contributed by atoms with E-state index in [0.717, 1.165) is 19.3 Å². The lowest BCUT2D eigenvalue weighted by atomic mass is 10.2. The molecule has 40 valence electrons. The quantitative estimate of drug-likeness (QED) is 0.495. The largest absolute Gasteiger partial charge is 0.516 e.